The van der Waals surface area contributed by atoms with Crippen molar-refractivity contribution < 1.29 is 18.7 Å². The van der Waals surface area contributed by atoms with E-state index in [0.29, 0.717) is 5.56 Å². The van der Waals surface area contributed by atoms with Gasteiger partial charge < -0.3 is 20.9 Å². The number of primary amides is 1. The number of hydrogen-bond acceptors (Lipinski definition) is 6. The molecule has 0 saturated carbocycles. The number of halogens is 1. The van der Waals surface area contributed by atoms with E-state index in [2.05, 4.69) is 15.7 Å². The molecule has 4 rings (SSSR count). The van der Waals surface area contributed by atoms with E-state index in [0.717, 1.165) is 22.4 Å². The summed E-state index contributed by atoms with van der Waals surface area (Å²) >= 11 is 0. The summed E-state index contributed by atoms with van der Waals surface area (Å²) in [7, 11) is 1.62. The van der Waals surface area contributed by atoms with E-state index in [-0.39, 0.29) is 24.9 Å². The lowest BCUT2D eigenvalue weighted by molar-refractivity contribution is -0.106. The fourth-order valence-corrected chi connectivity index (χ4v) is 3.29. The van der Waals surface area contributed by atoms with Gasteiger partial charge in [0.25, 0.3) is 6.02 Å². The molecule has 1 aliphatic rings. The maximum absolute atomic E-state index is 13.6. The molecular weight excluding hydrogens is 387 g/mol. The molecule has 0 bridgehead atoms. The van der Waals surface area contributed by atoms with Crippen molar-refractivity contribution in [2.75, 3.05) is 13.7 Å². The van der Waals surface area contributed by atoms with E-state index >= 15 is 0 Å². The SMILES string of the molecule is COc1ccc(C2(c3cccc(-c4cncc(F)c4)c3)COC(N)=N2)cc1.NC=O. The molecule has 0 spiro atoms. The Bertz CT molecular complexity index is 1060. The molecule has 1 unspecified atom stereocenters. The number of nitrogens with two attached hydrogens (primary N) is 2. The predicted octanol–water partition coefficient (Wildman–Crippen LogP) is 2.59. The zero-order valence-electron chi connectivity index (χ0n) is 16.3. The lowest BCUT2D eigenvalue weighted by Crippen LogP contribution is -2.27. The van der Waals surface area contributed by atoms with E-state index in [1.807, 2.05) is 48.5 Å². The van der Waals surface area contributed by atoms with Gasteiger partial charge in [-0.3, -0.25) is 9.78 Å². The highest BCUT2D eigenvalue weighted by Gasteiger charge is 2.40. The number of ether oxygens (including phenoxy) is 2. The molecule has 2 heterocycles. The largest absolute Gasteiger partial charge is 0.497 e. The van der Waals surface area contributed by atoms with E-state index in [1.54, 1.807) is 13.3 Å². The Morgan fingerprint density at radius 1 is 1.10 bits per heavy atom. The number of carbonyl (C=O) groups is 1. The van der Waals surface area contributed by atoms with Crippen LogP contribution in [-0.2, 0) is 15.1 Å². The summed E-state index contributed by atoms with van der Waals surface area (Å²) in [6.45, 7) is 0.288. The maximum Gasteiger partial charge on any atom is 0.283 e. The first-order valence-electron chi connectivity index (χ1n) is 9.02. The van der Waals surface area contributed by atoms with E-state index in [9.17, 15) is 4.39 Å². The van der Waals surface area contributed by atoms with Gasteiger partial charge in [-0.15, -0.1) is 0 Å². The number of amidine groups is 1. The van der Waals surface area contributed by atoms with Crippen molar-refractivity contribution in [2.24, 2.45) is 16.5 Å². The normalized spacial score (nSPS) is 17.2. The van der Waals surface area contributed by atoms with Crippen LogP contribution in [-0.4, -0.2) is 31.1 Å². The first-order valence-corrected chi connectivity index (χ1v) is 9.02. The first kappa shape index (κ1) is 20.8. The van der Waals surface area contributed by atoms with Crippen molar-refractivity contribution in [1.29, 1.82) is 0 Å². The Balaban J connectivity index is 0.000000806. The molecule has 154 valence electrons. The molecule has 1 atom stereocenters. The molecule has 30 heavy (non-hydrogen) atoms. The summed E-state index contributed by atoms with van der Waals surface area (Å²) in [6, 6.07) is 17.0. The topological polar surface area (TPSA) is 113 Å². The van der Waals surface area contributed by atoms with Crippen molar-refractivity contribution in [3.63, 3.8) is 0 Å². The van der Waals surface area contributed by atoms with Gasteiger partial charge in [0.15, 0.2) is 5.54 Å². The third-order valence-electron chi connectivity index (χ3n) is 4.68. The van der Waals surface area contributed by atoms with E-state index < -0.39 is 5.54 Å². The van der Waals surface area contributed by atoms with Gasteiger partial charge >= 0.3 is 0 Å². The van der Waals surface area contributed by atoms with Crippen LogP contribution in [0.25, 0.3) is 11.1 Å². The number of aliphatic imine (C=N–C) groups is 1. The molecule has 0 saturated heterocycles. The lowest BCUT2D eigenvalue weighted by atomic mass is 9.83. The van der Waals surface area contributed by atoms with E-state index in [1.165, 1.54) is 12.3 Å². The van der Waals surface area contributed by atoms with Gasteiger partial charge in [-0.1, -0.05) is 30.3 Å². The van der Waals surface area contributed by atoms with Crippen LogP contribution in [0.15, 0.2) is 72.0 Å². The Labute approximate surface area is 173 Å². The molecule has 8 heteroatoms. The minimum absolute atomic E-state index is 0.142. The Morgan fingerprint density at radius 2 is 1.83 bits per heavy atom. The monoisotopic (exact) mass is 408 g/mol. The van der Waals surface area contributed by atoms with Gasteiger partial charge in [-0.05, 0) is 41.0 Å². The van der Waals surface area contributed by atoms with Crippen molar-refractivity contribution >= 4 is 12.4 Å². The van der Waals surface area contributed by atoms with Crippen LogP contribution < -0.4 is 16.2 Å². The molecule has 1 amide bonds. The van der Waals surface area contributed by atoms with Crippen LogP contribution in [0.4, 0.5) is 4.39 Å². The number of aromatic nitrogens is 1. The molecule has 4 N–H and O–H groups in total. The summed E-state index contributed by atoms with van der Waals surface area (Å²) in [5, 5.41) is 0. The number of methoxy groups -OCH3 is 1. The summed E-state index contributed by atoms with van der Waals surface area (Å²) < 4.78 is 24.4. The smallest absolute Gasteiger partial charge is 0.283 e. The van der Waals surface area contributed by atoms with Crippen molar-refractivity contribution in [1.82, 2.24) is 4.98 Å². The summed E-state index contributed by atoms with van der Waals surface area (Å²) in [4.78, 5) is 17.1. The van der Waals surface area contributed by atoms with Gasteiger partial charge in [-0.25, -0.2) is 9.38 Å². The van der Waals surface area contributed by atoms with Gasteiger partial charge in [0.05, 0.1) is 13.3 Å². The molecule has 0 radical (unpaired) electrons. The lowest BCUT2D eigenvalue weighted by Gasteiger charge is -2.26. The zero-order chi connectivity index (χ0) is 21.6. The third-order valence-corrected chi connectivity index (χ3v) is 4.68. The number of pyridine rings is 1. The van der Waals surface area contributed by atoms with Gasteiger partial charge in [-0.2, -0.15) is 0 Å². The van der Waals surface area contributed by atoms with Crippen LogP contribution in [0.3, 0.4) is 0 Å². The molecular formula is C22H21FN4O3. The van der Waals surface area contributed by atoms with Crippen LogP contribution in [0.1, 0.15) is 11.1 Å². The second kappa shape index (κ2) is 9.04. The molecule has 1 aliphatic heterocycles. The Kier molecular flexibility index (Phi) is 6.26. The molecule has 7 nitrogen and oxygen atoms in total. The number of nitrogens with zero attached hydrogens (tertiary/aromatic N) is 2. The number of rotatable bonds is 4. The minimum Gasteiger partial charge on any atom is -0.497 e. The number of amides is 1. The molecule has 2 aromatic carbocycles. The summed E-state index contributed by atoms with van der Waals surface area (Å²) in [5.41, 5.74) is 12.6. The van der Waals surface area contributed by atoms with Gasteiger partial charge in [0, 0.05) is 11.8 Å². The van der Waals surface area contributed by atoms with Crippen molar-refractivity contribution in [3.8, 4) is 16.9 Å². The first-order chi connectivity index (χ1) is 14.5. The summed E-state index contributed by atoms with van der Waals surface area (Å²) in [5.74, 6) is 0.374. The molecule has 1 aromatic heterocycles. The summed E-state index contributed by atoms with van der Waals surface area (Å²) in [6.07, 6.45) is 3.06. The molecule has 0 fully saturated rings. The molecule has 3 aromatic rings. The standard InChI is InChI=1S/C21H18FN3O2.CH3NO/c1-26-19-7-5-16(6-8-19)21(13-27-20(23)25-21)17-4-2-3-14(9-17)15-10-18(22)12-24-11-15;2-1-3/h2-12H,13H2,1H3,(H2,23,25);1H,(H2,2,3). The molecule has 0 aliphatic carbocycles. The average Bonchev–Trinajstić information content (AvgIpc) is 3.17. The van der Waals surface area contributed by atoms with Crippen LogP contribution >= 0.6 is 0 Å². The Hall–Kier alpha value is -3.94. The zero-order valence-corrected chi connectivity index (χ0v) is 16.3. The van der Waals surface area contributed by atoms with Crippen LogP contribution in [0, 0.1) is 5.82 Å². The van der Waals surface area contributed by atoms with Gasteiger partial charge in [0.2, 0.25) is 6.41 Å². The fourth-order valence-electron chi connectivity index (χ4n) is 3.29. The average molecular weight is 408 g/mol. The second-order valence-corrected chi connectivity index (χ2v) is 6.44. The van der Waals surface area contributed by atoms with E-state index in [4.69, 9.17) is 20.0 Å². The fraction of sp³-hybridized carbons (Fsp3) is 0.136. The van der Waals surface area contributed by atoms with Gasteiger partial charge in [0.1, 0.15) is 18.2 Å². The van der Waals surface area contributed by atoms with Crippen molar-refractivity contribution in [3.05, 3.63) is 83.9 Å². The quantitative estimate of drug-likeness (QED) is 0.645. The highest BCUT2D eigenvalue weighted by atomic mass is 19.1. The highest BCUT2D eigenvalue weighted by Crippen LogP contribution is 2.39. The minimum atomic E-state index is -0.771. The number of hydrogen-bond donors (Lipinski definition) is 2. The number of carbonyl (C=O) groups excluding carboxylic acids is 1. The predicted molar refractivity (Wildman–Crippen MR) is 111 cm³/mol. The van der Waals surface area contributed by atoms with Crippen LogP contribution in [0.2, 0.25) is 0 Å². The number of benzene rings is 2. The Morgan fingerprint density at radius 3 is 2.43 bits per heavy atom. The third kappa shape index (κ3) is 4.22. The second-order valence-electron chi connectivity index (χ2n) is 6.44. The van der Waals surface area contributed by atoms with Crippen molar-refractivity contribution in [2.45, 2.75) is 5.54 Å². The van der Waals surface area contributed by atoms with Crippen LogP contribution in [0.5, 0.6) is 5.75 Å². The highest BCUT2D eigenvalue weighted by molar-refractivity contribution is 5.75. The maximum atomic E-state index is 13.6.